The molecule has 0 spiro atoms. The molecule has 1 aromatic heterocycles. The highest BCUT2D eigenvalue weighted by molar-refractivity contribution is 5.39. The summed E-state index contributed by atoms with van der Waals surface area (Å²) in [6.07, 6.45) is 0.630. The number of hydrogen-bond acceptors (Lipinski definition) is 3. The molecule has 0 aliphatic carbocycles. The summed E-state index contributed by atoms with van der Waals surface area (Å²) in [5.41, 5.74) is 4.42. The van der Waals surface area contributed by atoms with Gasteiger partial charge in [0.05, 0.1) is 11.4 Å². The zero-order valence-corrected chi connectivity index (χ0v) is 11.7. The molecule has 0 N–H and O–H groups in total. The van der Waals surface area contributed by atoms with Crippen molar-refractivity contribution < 1.29 is 0 Å². The SMILES string of the molecule is Cc1ccc(-n2nnc(C#N)c2Cc2ccccc2)cc1. The van der Waals surface area contributed by atoms with Crippen molar-refractivity contribution in [3.63, 3.8) is 0 Å². The minimum atomic E-state index is 0.374. The summed E-state index contributed by atoms with van der Waals surface area (Å²) >= 11 is 0. The van der Waals surface area contributed by atoms with Crippen LogP contribution in [0.2, 0.25) is 0 Å². The molecule has 0 saturated heterocycles. The topological polar surface area (TPSA) is 54.5 Å². The molecule has 21 heavy (non-hydrogen) atoms. The molecule has 0 aliphatic heterocycles. The van der Waals surface area contributed by atoms with Crippen molar-refractivity contribution >= 4 is 0 Å². The Morgan fingerprint density at radius 3 is 2.43 bits per heavy atom. The Hall–Kier alpha value is -2.93. The number of benzene rings is 2. The van der Waals surface area contributed by atoms with E-state index in [1.165, 1.54) is 5.56 Å². The number of nitrogens with zero attached hydrogens (tertiary/aromatic N) is 4. The van der Waals surface area contributed by atoms with Gasteiger partial charge in [0.2, 0.25) is 0 Å². The molecule has 0 unspecified atom stereocenters. The first-order chi connectivity index (χ1) is 10.3. The van der Waals surface area contributed by atoms with Crippen molar-refractivity contribution in [2.24, 2.45) is 0 Å². The Bertz CT molecular complexity index is 780. The molecule has 0 amide bonds. The first-order valence-corrected chi connectivity index (χ1v) is 6.73. The predicted molar refractivity (Wildman–Crippen MR) is 80.1 cm³/mol. The molecule has 4 heteroatoms. The predicted octanol–water partition coefficient (Wildman–Crippen LogP) is 3.04. The largest absolute Gasteiger partial charge is 0.216 e. The Morgan fingerprint density at radius 2 is 1.76 bits per heavy atom. The van der Waals surface area contributed by atoms with Gasteiger partial charge in [-0.05, 0) is 24.6 Å². The van der Waals surface area contributed by atoms with Crippen LogP contribution in [0.3, 0.4) is 0 Å². The van der Waals surface area contributed by atoms with Crippen molar-refractivity contribution in [3.05, 3.63) is 77.1 Å². The van der Waals surface area contributed by atoms with Gasteiger partial charge in [-0.1, -0.05) is 53.2 Å². The lowest BCUT2D eigenvalue weighted by atomic mass is 10.1. The molecule has 2 aromatic carbocycles. The average Bonchev–Trinajstić information content (AvgIpc) is 2.92. The summed E-state index contributed by atoms with van der Waals surface area (Å²) in [7, 11) is 0. The maximum absolute atomic E-state index is 9.23. The van der Waals surface area contributed by atoms with Gasteiger partial charge in [-0.3, -0.25) is 0 Å². The van der Waals surface area contributed by atoms with Crippen LogP contribution in [0.15, 0.2) is 54.6 Å². The maximum atomic E-state index is 9.23. The molecule has 3 rings (SSSR count). The number of nitriles is 1. The second-order valence-electron chi connectivity index (χ2n) is 4.91. The van der Waals surface area contributed by atoms with Crippen LogP contribution in [0.5, 0.6) is 0 Å². The van der Waals surface area contributed by atoms with Gasteiger partial charge in [0.25, 0.3) is 0 Å². The second kappa shape index (κ2) is 5.59. The zero-order chi connectivity index (χ0) is 14.7. The van der Waals surface area contributed by atoms with Crippen LogP contribution in [0, 0.1) is 18.3 Å². The van der Waals surface area contributed by atoms with E-state index >= 15 is 0 Å². The fraction of sp³-hybridized carbons (Fsp3) is 0.118. The van der Waals surface area contributed by atoms with Gasteiger partial charge >= 0.3 is 0 Å². The minimum absolute atomic E-state index is 0.374. The molecule has 102 valence electrons. The number of aromatic nitrogens is 3. The van der Waals surface area contributed by atoms with E-state index in [1.807, 2.05) is 61.5 Å². The first kappa shape index (κ1) is 13.1. The van der Waals surface area contributed by atoms with Crippen molar-refractivity contribution in [3.8, 4) is 11.8 Å². The van der Waals surface area contributed by atoms with E-state index in [0.29, 0.717) is 12.1 Å². The van der Waals surface area contributed by atoms with E-state index in [0.717, 1.165) is 16.9 Å². The second-order valence-corrected chi connectivity index (χ2v) is 4.91. The van der Waals surface area contributed by atoms with Crippen molar-refractivity contribution in [1.29, 1.82) is 5.26 Å². The number of hydrogen-bond donors (Lipinski definition) is 0. The maximum Gasteiger partial charge on any atom is 0.186 e. The van der Waals surface area contributed by atoms with E-state index in [4.69, 9.17) is 0 Å². The molecule has 3 aromatic rings. The summed E-state index contributed by atoms with van der Waals surface area (Å²) in [4.78, 5) is 0. The Morgan fingerprint density at radius 1 is 1.05 bits per heavy atom. The summed E-state index contributed by atoms with van der Waals surface area (Å²) in [6.45, 7) is 2.04. The van der Waals surface area contributed by atoms with Crippen LogP contribution in [0.1, 0.15) is 22.5 Å². The first-order valence-electron chi connectivity index (χ1n) is 6.73. The lowest BCUT2D eigenvalue weighted by Crippen LogP contribution is -2.04. The van der Waals surface area contributed by atoms with Crippen LogP contribution < -0.4 is 0 Å². The van der Waals surface area contributed by atoms with E-state index in [1.54, 1.807) is 4.68 Å². The van der Waals surface area contributed by atoms with Gasteiger partial charge in [0.15, 0.2) is 5.69 Å². The van der Waals surface area contributed by atoms with E-state index < -0.39 is 0 Å². The number of aryl methyl sites for hydroxylation is 1. The highest BCUT2D eigenvalue weighted by Crippen LogP contribution is 2.17. The van der Waals surface area contributed by atoms with Crippen LogP contribution in [-0.4, -0.2) is 15.0 Å². The van der Waals surface area contributed by atoms with Crippen LogP contribution in [-0.2, 0) is 6.42 Å². The lowest BCUT2D eigenvalue weighted by molar-refractivity contribution is 0.772. The summed E-state index contributed by atoms with van der Waals surface area (Å²) in [6, 6.07) is 20.2. The molecular weight excluding hydrogens is 260 g/mol. The molecule has 0 fully saturated rings. The average molecular weight is 274 g/mol. The molecule has 0 aliphatic rings. The molecule has 0 bridgehead atoms. The highest BCUT2D eigenvalue weighted by atomic mass is 15.4. The molecule has 0 atom stereocenters. The van der Waals surface area contributed by atoms with Gasteiger partial charge in [0.1, 0.15) is 6.07 Å². The third-order valence-corrected chi connectivity index (χ3v) is 3.36. The molecule has 4 nitrogen and oxygen atoms in total. The van der Waals surface area contributed by atoms with Crippen LogP contribution >= 0.6 is 0 Å². The quantitative estimate of drug-likeness (QED) is 0.737. The van der Waals surface area contributed by atoms with Crippen LogP contribution in [0.4, 0.5) is 0 Å². The highest BCUT2D eigenvalue weighted by Gasteiger charge is 2.14. The van der Waals surface area contributed by atoms with Crippen LogP contribution in [0.25, 0.3) is 5.69 Å². The van der Waals surface area contributed by atoms with Gasteiger partial charge in [-0.25, -0.2) is 4.68 Å². The Kier molecular flexibility index (Phi) is 3.48. The summed E-state index contributed by atoms with van der Waals surface area (Å²) < 4.78 is 1.74. The van der Waals surface area contributed by atoms with Gasteiger partial charge in [0, 0.05) is 6.42 Å². The molecule has 1 heterocycles. The van der Waals surface area contributed by atoms with E-state index in [2.05, 4.69) is 16.4 Å². The number of rotatable bonds is 3. The third kappa shape index (κ3) is 2.67. The van der Waals surface area contributed by atoms with E-state index in [-0.39, 0.29) is 0 Å². The zero-order valence-electron chi connectivity index (χ0n) is 11.7. The third-order valence-electron chi connectivity index (χ3n) is 3.36. The smallest absolute Gasteiger partial charge is 0.186 e. The van der Waals surface area contributed by atoms with E-state index in [9.17, 15) is 5.26 Å². The summed E-state index contributed by atoms with van der Waals surface area (Å²) in [5.74, 6) is 0. The molecular formula is C17H14N4. The fourth-order valence-corrected chi connectivity index (χ4v) is 2.23. The Labute approximate surface area is 123 Å². The Balaban J connectivity index is 2.04. The van der Waals surface area contributed by atoms with Gasteiger partial charge < -0.3 is 0 Å². The lowest BCUT2D eigenvalue weighted by Gasteiger charge is -2.07. The van der Waals surface area contributed by atoms with Crippen molar-refractivity contribution in [2.45, 2.75) is 13.3 Å². The minimum Gasteiger partial charge on any atom is -0.216 e. The molecule has 0 radical (unpaired) electrons. The standard InChI is InChI=1S/C17H14N4/c1-13-7-9-15(10-8-13)21-17(16(12-18)19-20-21)11-14-5-3-2-4-6-14/h2-10H,11H2,1H3. The summed E-state index contributed by atoms with van der Waals surface area (Å²) in [5, 5.41) is 17.3. The normalized spacial score (nSPS) is 10.3. The van der Waals surface area contributed by atoms with Gasteiger partial charge in [-0.2, -0.15) is 5.26 Å². The monoisotopic (exact) mass is 274 g/mol. The molecule has 0 saturated carbocycles. The fourth-order valence-electron chi connectivity index (χ4n) is 2.23. The van der Waals surface area contributed by atoms with Gasteiger partial charge in [-0.15, -0.1) is 5.10 Å². The van der Waals surface area contributed by atoms with Crippen molar-refractivity contribution in [2.75, 3.05) is 0 Å². The van der Waals surface area contributed by atoms with Crippen molar-refractivity contribution in [1.82, 2.24) is 15.0 Å².